The molecule has 0 aliphatic carbocycles. The Morgan fingerprint density at radius 1 is 0.920 bits per heavy atom. The van der Waals surface area contributed by atoms with Crippen LogP contribution in [0.3, 0.4) is 0 Å². The van der Waals surface area contributed by atoms with Crippen molar-refractivity contribution in [2.45, 2.75) is 31.7 Å². The van der Waals surface area contributed by atoms with E-state index in [0.29, 0.717) is 12.0 Å². The zero-order valence-electron chi connectivity index (χ0n) is 14.3. The molecule has 3 nitrogen and oxygen atoms in total. The molecule has 4 atom stereocenters. The Kier molecular flexibility index (Phi) is 3.51. The first-order valence-corrected chi connectivity index (χ1v) is 9.03. The predicted molar refractivity (Wildman–Crippen MR) is 97.6 cm³/mol. The van der Waals surface area contributed by atoms with E-state index in [0.717, 1.165) is 6.54 Å². The van der Waals surface area contributed by atoms with Crippen molar-refractivity contribution in [1.29, 1.82) is 0 Å². The molecule has 3 heteroatoms. The number of benzene rings is 2. The summed E-state index contributed by atoms with van der Waals surface area (Å²) in [7, 11) is 0. The second-order valence-electron chi connectivity index (χ2n) is 7.08. The van der Waals surface area contributed by atoms with E-state index in [1.807, 2.05) is 0 Å². The van der Waals surface area contributed by atoms with Crippen molar-refractivity contribution in [3.63, 3.8) is 0 Å². The van der Waals surface area contributed by atoms with Crippen molar-refractivity contribution in [2.24, 2.45) is 5.92 Å². The van der Waals surface area contributed by atoms with Gasteiger partial charge in [-0.15, -0.1) is 0 Å². The van der Waals surface area contributed by atoms with Gasteiger partial charge in [-0.2, -0.15) is 5.06 Å². The normalized spacial score (nSPS) is 26.4. The highest BCUT2D eigenvalue weighted by Crippen LogP contribution is 2.53. The first kappa shape index (κ1) is 14.9. The van der Waals surface area contributed by atoms with Gasteiger partial charge in [0.05, 0.1) is 12.1 Å². The van der Waals surface area contributed by atoms with E-state index >= 15 is 0 Å². The van der Waals surface area contributed by atoms with Gasteiger partial charge in [0.25, 0.3) is 0 Å². The molecule has 0 saturated carbocycles. The second kappa shape index (κ2) is 5.87. The fraction of sp³-hybridized carbons (Fsp3) is 0.273. The highest BCUT2D eigenvalue weighted by atomic mass is 16.7. The Bertz CT molecular complexity index is 858. The van der Waals surface area contributed by atoms with E-state index in [1.165, 1.54) is 16.8 Å². The predicted octanol–water partition coefficient (Wildman–Crippen LogP) is 4.91. The minimum atomic E-state index is 0.109. The molecule has 0 amide bonds. The molecular formula is C22H22N2O. The Hall–Kier alpha value is -2.36. The van der Waals surface area contributed by atoms with E-state index in [4.69, 9.17) is 4.84 Å². The standard InChI is InChI=1S/C22H22N2O/c1-16(17-9-4-2-5-10-17)24-21-19(15-23-14-8-13-20(21)23)22(25-24)18-11-6-3-7-12-18/h2-14,16,19,21-22H,15H2,1H3/t16-,19-,21-,22-/m1/s1. The van der Waals surface area contributed by atoms with Gasteiger partial charge < -0.3 is 4.57 Å². The van der Waals surface area contributed by atoms with Gasteiger partial charge in [0.15, 0.2) is 0 Å². The van der Waals surface area contributed by atoms with Crippen LogP contribution in [0.2, 0.25) is 0 Å². The van der Waals surface area contributed by atoms with Crippen LogP contribution in [0.5, 0.6) is 0 Å². The van der Waals surface area contributed by atoms with E-state index in [9.17, 15) is 0 Å². The smallest absolute Gasteiger partial charge is 0.111 e. The molecule has 0 N–H and O–H groups in total. The lowest BCUT2D eigenvalue weighted by Gasteiger charge is -2.28. The maximum Gasteiger partial charge on any atom is 0.111 e. The second-order valence-corrected chi connectivity index (χ2v) is 7.08. The topological polar surface area (TPSA) is 17.4 Å². The van der Waals surface area contributed by atoms with Crippen molar-refractivity contribution in [3.05, 3.63) is 95.8 Å². The van der Waals surface area contributed by atoms with E-state index in [2.05, 4.69) is 95.5 Å². The summed E-state index contributed by atoms with van der Waals surface area (Å²) in [5.74, 6) is 0.449. The summed E-state index contributed by atoms with van der Waals surface area (Å²) in [6.07, 6.45) is 2.30. The van der Waals surface area contributed by atoms with Crippen LogP contribution in [0.1, 0.15) is 41.9 Å². The van der Waals surface area contributed by atoms with Crippen LogP contribution in [-0.4, -0.2) is 9.63 Å². The third kappa shape index (κ3) is 2.35. The van der Waals surface area contributed by atoms with Gasteiger partial charge in [-0.05, 0) is 30.2 Å². The van der Waals surface area contributed by atoms with Crippen molar-refractivity contribution in [3.8, 4) is 0 Å². The van der Waals surface area contributed by atoms with Crippen LogP contribution in [0.4, 0.5) is 0 Å². The first-order valence-electron chi connectivity index (χ1n) is 9.03. The summed E-state index contributed by atoms with van der Waals surface area (Å²) in [6.45, 7) is 3.26. The van der Waals surface area contributed by atoms with Crippen LogP contribution in [0.25, 0.3) is 0 Å². The van der Waals surface area contributed by atoms with Crippen LogP contribution >= 0.6 is 0 Å². The van der Waals surface area contributed by atoms with Crippen molar-refractivity contribution >= 4 is 0 Å². The van der Waals surface area contributed by atoms with Gasteiger partial charge in [0.1, 0.15) is 6.10 Å². The van der Waals surface area contributed by atoms with Crippen LogP contribution in [-0.2, 0) is 11.4 Å². The summed E-state index contributed by atoms with van der Waals surface area (Å²) in [5.41, 5.74) is 3.93. The van der Waals surface area contributed by atoms with Crippen LogP contribution < -0.4 is 0 Å². The minimum Gasteiger partial charge on any atom is -0.349 e. The molecule has 3 aromatic rings. The highest BCUT2D eigenvalue weighted by molar-refractivity contribution is 5.27. The Balaban J connectivity index is 1.55. The number of fused-ring (bicyclic) bond motifs is 3. The number of rotatable bonds is 3. The Morgan fingerprint density at radius 2 is 1.64 bits per heavy atom. The molecule has 0 radical (unpaired) electrons. The summed E-state index contributed by atoms with van der Waals surface area (Å²) >= 11 is 0. The van der Waals surface area contributed by atoms with E-state index in [-0.39, 0.29) is 12.1 Å². The third-order valence-corrected chi connectivity index (χ3v) is 5.67. The summed E-state index contributed by atoms with van der Waals surface area (Å²) in [5, 5.41) is 2.23. The van der Waals surface area contributed by atoms with Crippen molar-refractivity contribution < 1.29 is 4.84 Å². The number of hydroxylamine groups is 2. The Morgan fingerprint density at radius 3 is 2.40 bits per heavy atom. The molecule has 0 unspecified atom stereocenters. The van der Waals surface area contributed by atoms with Crippen LogP contribution in [0.15, 0.2) is 79.0 Å². The van der Waals surface area contributed by atoms with E-state index in [1.54, 1.807) is 0 Å². The highest BCUT2D eigenvalue weighted by Gasteiger charge is 2.51. The van der Waals surface area contributed by atoms with Crippen molar-refractivity contribution in [1.82, 2.24) is 9.63 Å². The van der Waals surface area contributed by atoms with Crippen LogP contribution in [0, 0.1) is 5.92 Å². The zero-order chi connectivity index (χ0) is 16.8. The molecule has 25 heavy (non-hydrogen) atoms. The summed E-state index contributed by atoms with van der Waals surface area (Å²) in [4.78, 5) is 6.58. The monoisotopic (exact) mass is 330 g/mol. The third-order valence-electron chi connectivity index (χ3n) is 5.67. The average molecular weight is 330 g/mol. The fourth-order valence-electron chi connectivity index (χ4n) is 4.43. The molecule has 2 aromatic carbocycles. The molecule has 2 aliphatic rings. The van der Waals surface area contributed by atoms with E-state index < -0.39 is 0 Å². The maximum absolute atomic E-state index is 6.58. The molecule has 3 heterocycles. The lowest BCUT2D eigenvalue weighted by Crippen LogP contribution is -2.26. The number of hydrogen-bond acceptors (Lipinski definition) is 2. The lowest BCUT2D eigenvalue weighted by atomic mass is 9.90. The molecule has 1 saturated heterocycles. The molecule has 1 aromatic heterocycles. The number of hydrogen-bond donors (Lipinski definition) is 0. The molecule has 2 aliphatic heterocycles. The Labute approximate surface area is 148 Å². The van der Waals surface area contributed by atoms with Crippen molar-refractivity contribution in [2.75, 3.05) is 0 Å². The molecular weight excluding hydrogens is 308 g/mol. The number of nitrogens with zero attached hydrogens (tertiary/aromatic N) is 2. The minimum absolute atomic E-state index is 0.109. The fourth-order valence-corrected chi connectivity index (χ4v) is 4.43. The SMILES string of the molecule is C[C@H](c1ccccc1)N1O[C@H](c2ccccc2)[C@@H]2Cn3cccc3[C@@H]21. The molecule has 0 bridgehead atoms. The summed E-state index contributed by atoms with van der Waals surface area (Å²) in [6, 6.07) is 26.2. The summed E-state index contributed by atoms with van der Waals surface area (Å²) < 4.78 is 2.39. The molecule has 126 valence electrons. The molecule has 0 spiro atoms. The van der Waals surface area contributed by atoms with Gasteiger partial charge in [0, 0.05) is 24.4 Å². The number of aromatic nitrogens is 1. The van der Waals surface area contributed by atoms with Gasteiger partial charge in [0.2, 0.25) is 0 Å². The largest absolute Gasteiger partial charge is 0.349 e. The quantitative estimate of drug-likeness (QED) is 0.679. The van der Waals surface area contributed by atoms with Gasteiger partial charge in [-0.3, -0.25) is 4.84 Å². The average Bonchev–Trinajstić information content (AvgIpc) is 3.34. The lowest BCUT2D eigenvalue weighted by molar-refractivity contribution is -0.192. The molecule has 1 fully saturated rings. The molecule has 5 rings (SSSR count). The zero-order valence-corrected chi connectivity index (χ0v) is 14.3. The van der Waals surface area contributed by atoms with Gasteiger partial charge in [-0.25, -0.2) is 0 Å². The van der Waals surface area contributed by atoms with Gasteiger partial charge in [-0.1, -0.05) is 60.7 Å². The van der Waals surface area contributed by atoms with Gasteiger partial charge >= 0.3 is 0 Å². The first-order chi connectivity index (χ1) is 12.3. The maximum atomic E-state index is 6.58.